The van der Waals surface area contributed by atoms with E-state index >= 15 is 0 Å². The molecule has 1 unspecified atom stereocenters. The first-order valence-corrected chi connectivity index (χ1v) is 5.80. The van der Waals surface area contributed by atoms with Gasteiger partial charge in [0.25, 0.3) is 0 Å². The molecule has 1 saturated carbocycles. The summed E-state index contributed by atoms with van der Waals surface area (Å²) in [6.45, 7) is 4.72. The fourth-order valence-corrected chi connectivity index (χ4v) is 2.03. The van der Waals surface area contributed by atoms with Crippen LogP contribution in [0.4, 0.5) is 0 Å². The molecule has 1 aliphatic carbocycles. The monoisotopic (exact) mass is 228 g/mol. The van der Waals surface area contributed by atoms with E-state index in [0.29, 0.717) is 13.2 Å². The zero-order chi connectivity index (χ0) is 11.8. The third kappa shape index (κ3) is 2.36. The average Bonchev–Trinajstić information content (AvgIpc) is 2.51. The topological polar surface area (TPSA) is 73.6 Å². The predicted octanol–water partition coefficient (Wildman–Crippen LogP) is 0.136. The van der Waals surface area contributed by atoms with Crippen LogP contribution < -0.4 is 11.1 Å². The molecule has 1 aliphatic heterocycles. The summed E-state index contributed by atoms with van der Waals surface area (Å²) < 4.78 is 11.0. The third-order valence-corrected chi connectivity index (χ3v) is 3.26. The lowest BCUT2D eigenvalue weighted by atomic mass is 9.77. The minimum atomic E-state index is -0.630. The van der Waals surface area contributed by atoms with Crippen LogP contribution in [-0.2, 0) is 14.3 Å². The van der Waals surface area contributed by atoms with Crippen molar-refractivity contribution in [1.29, 1.82) is 0 Å². The molecule has 16 heavy (non-hydrogen) atoms. The van der Waals surface area contributed by atoms with Crippen LogP contribution in [0.25, 0.3) is 0 Å². The molecule has 0 aromatic heterocycles. The smallest absolute Gasteiger partial charge is 0.240 e. The standard InChI is InChI=1S/C11H20N2O3/c1-10(2)15-7-8(16-10)6-13-9(14)11(12)4-3-5-11/h8H,3-7,12H2,1-2H3,(H,13,14). The number of hydrogen-bond acceptors (Lipinski definition) is 4. The molecule has 92 valence electrons. The highest BCUT2D eigenvalue weighted by Gasteiger charge is 2.40. The Bertz CT molecular complexity index is 287. The van der Waals surface area contributed by atoms with Crippen molar-refractivity contribution < 1.29 is 14.3 Å². The van der Waals surface area contributed by atoms with Crippen molar-refractivity contribution >= 4 is 5.91 Å². The Hall–Kier alpha value is -0.650. The first kappa shape index (κ1) is 11.8. The van der Waals surface area contributed by atoms with Crippen molar-refractivity contribution in [1.82, 2.24) is 5.32 Å². The quantitative estimate of drug-likeness (QED) is 0.720. The molecule has 0 spiro atoms. The second kappa shape index (κ2) is 3.98. The highest BCUT2D eigenvalue weighted by molar-refractivity contribution is 5.87. The molecular weight excluding hydrogens is 208 g/mol. The lowest BCUT2D eigenvalue weighted by Gasteiger charge is -2.36. The molecule has 5 heteroatoms. The van der Waals surface area contributed by atoms with Gasteiger partial charge in [-0.2, -0.15) is 0 Å². The van der Waals surface area contributed by atoms with Gasteiger partial charge in [-0.25, -0.2) is 0 Å². The predicted molar refractivity (Wildman–Crippen MR) is 58.7 cm³/mol. The molecule has 0 bridgehead atoms. The third-order valence-electron chi connectivity index (χ3n) is 3.26. The van der Waals surface area contributed by atoms with E-state index in [9.17, 15) is 4.79 Å². The van der Waals surface area contributed by atoms with Crippen molar-refractivity contribution in [3.63, 3.8) is 0 Å². The number of ether oxygens (including phenoxy) is 2. The molecule has 1 amide bonds. The summed E-state index contributed by atoms with van der Waals surface area (Å²) in [5, 5.41) is 2.84. The summed E-state index contributed by atoms with van der Waals surface area (Å²) in [4.78, 5) is 11.7. The number of hydrogen-bond donors (Lipinski definition) is 2. The SMILES string of the molecule is CC1(C)OCC(CNC(=O)C2(N)CCC2)O1. The number of rotatable bonds is 3. The number of carbonyl (C=O) groups excluding carboxylic acids is 1. The summed E-state index contributed by atoms with van der Waals surface area (Å²) in [6.07, 6.45) is 2.54. The van der Waals surface area contributed by atoms with Crippen LogP contribution >= 0.6 is 0 Å². The van der Waals surface area contributed by atoms with E-state index in [4.69, 9.17) is 15.2 Å². The molecule has 0 aromatic carbocycles. The van der Waals surface area contributed by atoms with Crippen molar-refractivity contribution in [2.75, 3.05) is 13.2 Å². The first-order chi connectivity index (χ1) is 7.41. The van der Waals surface area contributed by atoms with E-state index in [1.54, 1.807) is 0 Å². The summed E-state index contributed by atoms with van der Waals surface area (Å²) >= 11 is 0. The van der Waals surface area contributed by atoms with Crippen molar-refractivity contribution in [3.05, 3.63) is 0 Å². The summed E-state index contributed by atoms with van der Waals surface area (Å²) in [5.41, 5.74) is 5.27. The lowest BCUT2D eigenvalue weighted by molar-refractivity contribution is -0.140. The summed E-state index contributed by atoms with van der Waals surface area (Å²) in [5.74, 6) is -0.598. The van der Waals surface area contributed by atoms with Crippen LogP contribution in [0.1, 0.15) is 33.1 Å². The van der Waals surface area contributed by atoms with Gasteiger partial charge in [0.05, 0.1) is 12.1 Å². The van der Waals surface area contributed by atoms with Crippen LogP contribution in [-0.4, -0.2) is 36.5 Å². The minimum Gasteiger partial charge on any atom is -0.352 e. The van der Waals surface area contributed by atoms with Crippen LogP contribution in [0, 0.1) is 0 Å². The van der Waals surface area contributed by atoms with Gasteiger partial charge >= 0.3 is 0 Å². The van der Waals surface area contributed by atoms with Gasteiger partial charge in [0, 0.05) is 6.54 Å². The van der Waals surface area contributed by atoms with Gasteiger partial charge in [-0.3, -0.25) is 4.79 Å². The normalized spacial score (nSPS) is 30.8. The van der Waals surface area contributed by atoms with E-state index in [1.165, 1.54) is 0 Å². The van der Waals surface area contributed by atoms with Gasteiger partial charge in [-0.1, -0.05) is 0 Å². The van der Waals surface area contributed by atoms with Crippen LogP contribution in [0.5, 0.6) is 0 Å². The number of nitrogens with one attached hydrogen (secondary N) is 1. The van der Waals surface area contributed by atoms with E-state index in [2.05, 4.69) is 5.32 Å². The van der Waals surface area contributed by atoms with Crippen molar-refractivity contribution in [3.8, 4) is 0 Å². The molecule has 3 N–H and O–H groups in total. The number of amides is 1. The molecular formula is C11H20N2O3. The molecule has 5 nitrogen and oxygen atoms in total. The highest BCUT2D eigenvalue weighted by Crippen LogP contribution is 2.29. The van der Waals surface area contributed by atoms with Crippen molar-refractivity contribution in [2.24, 2.45) is 5.73 Å². The van der Waals surface area contributed by atoms with Gasteiger partial charge in [0.1, 0.15) is 6.10 Å². The maximum atomic E-state index is 11.7. The molecule has 1 heterocycles. The summed E-state index contributed by atoms with van der Waals surface area (Å²) in [7, 11) is 0. The number of carbonyl (C=O) groups is 1. The van der Waals surface area contributed by atoms with E-state index in [0.717, 1.165) is 19.3 Å². The van der Waals surface area contributed by atoms with Crippen LogP contribution in [0.3, 0.4) is 0 Å². The van der Waals surface area contributed by atoms with Crippen LogP contribution in [0.15, 0.2) is 0 Å². The van der Waals surface area contributed by atoms with Gasteiger partial charge in [-0.15, -0.1) is 0 Å². The molecule has 2 rings (SSSR count). The Morgan fingerprint density at radius 2 is 2.19 bits per heavy atom. The Labute approximate surface area is 95.7 Å². The fourth-order valence-electron chi connectivity index (χ4n) is 2.03. The Balaban J connectivity index is 1.74. The molecule has 0 aromatic rings. The molecule has 2 fully saturated rings. The largest absolute Gasteiger partial charge is 0.352 e. The second-order valence-corrected chi connectivity index (χ2v) is 5.17. The van der Waals surface area contributed by atoms with Gasteiger partial charge in [0.15, 0.2) is 5.79 Å². The van der Waals surface area contributed by atoms with Gasteiger partial charge in [0.2, 0.25) is 5.91 Å². The maximum Gasteiger partial charge on any atom is 0.240 e. The first-order valence-electron chi connectivity index (χ1n) is 5.80. The van der Waals surface area contributed by atoms with E-state index < -0.39 is 11.3 Å². The Kier molecular flexibility index (Phi) is 2.94. The lowest BCUT2D eigenvalue weighted by Crippen LogP contribution is -2.59. The second-order valence-electron chi connectivity index (χ2n) is 5.17. The van der Waals surface area contributed by atoms with Crippen LogP contribution in [0.2, 0.25) is 0 Å². The molecule has 0 radical (unpaired) electrons. The fraction of sp³-hybridized carbons (Fsp3) is 0.909. The zero-order valence-corrected chi connectivity index (χ0v) is 9.91. The van der Waals surface area contributed by atoms with Gasteiger partial charge < -0.3 is 20.5 Å². The molecule has 1 saturated heterocycles. The maximum absolute atomic E-state index is 11.7. The number of nitrogens with two attached hydrogens (primary N) is 1. The van der Waals surface area contributed by atoms with E-state index in [1.807, 2.05) is 13.8 Å². The minimum absolute atomic E-state index is 0.0629. The average molecular weight is 228 g/mol. The Morgan fingerprint density at radius 1 is 1.50 bits per heavy atom. The Morgan fingerprint density at radius 3 is 2.62 bits per heavy atom. The molecule has 1 atom stereocenters. The summed E-state index contributed by atoms with van der Waals surface area (Å²) in [6, 6.07) is 0. The van der Waals surface area contributed by atoms with Gasteiger partial charge in [-0.05, 0) is 33.1 Å². The molecule has 2 aliphatic rings. The highest BCUT2D eigenvalue weighted by atomic mass is 16.7. The zero-order valence-electron chi connectivity index (χ0n) is 9.91. The van der Waals surface area contributed by atoms with Crippen molar-refractivity contribution in [2.45, 2.75) is 50.5 Å². The van der Waals surface area contributed by atoms with E-state index in [-0.39, 0.29) is 12.0 Å².